The van der Waals surface area contributed by atoms with Crippen LogP contribution in [0.25, 0.3) is 0 Å². The first-order valence-electron chi connectivity index (χ1n) is 5.93. The van der Waals surface area contributed by atoms with Gasteiger partial charge in [0.25, 0.3) is 5.91 Å². The highest BCUT2D eigenvalue weighted by atomic mass is 35.5. The van der Waals surface area contributed by atoms with E-state index in [2.05, 4.69) is 12.2 Å². The molecule has 0 saturated heterocycles. The van der Waals surface area contributed by atoms with Crippen molar-refractivity contribution in [1.82, 2.24) is 5.32 Å². The lowest BCUT2D eigenvalue weighted by molar-refractivity contribution is 0.0820. The maximum absolute atomic E-state index is 12.1. The minimum absolute atomic E-state index is 0.00579. The molecule has 3 nitrogen and oxygen atoms in total. The molecule has 0 bridgehead atoms. The molecule has 0 atom stereocenters. The van der Waals surface area contributed by atoms with Crippen LogP contribution < -0.4 is 11.1 Å². The number of hydrogen-bond donors (Lipinski definition) is 2. The summed E-state index contributed by atoms with van der Waals surface area (Å²) >= 11 is 5.89. The topological polar surface area (TPSA) is 55.1 Å². The van der Waals surface area contributed by atoms with E-state index in [1.807, 2.05) is 0 Å². The average Bonchev–Trinajstić information content (AvgIpc) is 2.21. The fourth-order valence-corrected chi connectivity index (χ4v) is 2.47. The van der Waals surface area contributed by atoms with Crippen molar-refractivity contribution in [3.05, 3.63) is 28.8 Å². The maximum Gasteiger partial charge on any atom is 0.251 e. The van der Waals surface area contributed by atoms with Crippen molar-refractivity contribution >= 4 is 23.2 Å². The zero-order chi connectivity index (χ0) is 12.5. The van der Waals surface area contributed by atoms with Crippen LogP contribution in [-0.4, -0.2) is 11.4 Å². The molecular formula is C13H17ClN2O. The summed E-state index contributed by atoms with van der Waals surface area (Å²) in [5, 5.41) is 3.59. The van der Waals surface area contributed by atoms with Crippen LogP contribution in [0.15, 0.2) is 18.2 Å². The van der Waals surface area contributed by atoms with Crippen LogP contribution in [0.4, 0.5) is 5.69 Å². The lowest BCUT2D eigenvalue weighted by Gasteiger charge is -2.42. The van der Waals surface area contributed by atoms with Crippen molar-refractivity contribution in [2.75, 3.05) is 5.73 Å². The summed E-state index contributed by atoms with van der Waals surface area (Å²) in [5.41, 5.74) is 6.72. The normalized spacial score (nSPS) is 17.3. The van der Waals surface area contributed by atoms with Crippen molar-refractivity contribution < 1.29 is 4.79 Å². The van der Waals surface area contributed by atoms with Crippen LogP contribution in [0.3, 0.4) is 0 Å². The van der Waals surface area contributed by atoms with Crippen molar-refractivity contribution in [2.24, 2.45) is 0 Å². The molecule has 1 aromatic carbocycles. The number of nitrogen functional groups attached to an aromatic ring is 1. The SMILES string of the molecule is CCC1(NC(=O)c2cc(N)cc(Cl)c2)CCC1. The zero-order valence-electron chi connectivity index (χ0n) is 9.92. The Labute approximate surface area is 106 Å². The Morgan fingerprint density at radius 3 is 2.65 bits per heavy atom. The summed E-state index contributed by atoms with van der Waals surface area (Å²) in [5.74, 6) is -0.0826. The molecule has 0 radical (unpaired) electrons. The molecule has 17 heavy (non-hydrogen) atoms. The molecule has 1 aromatic rings. The number of nitrogens with two attached hydrogens (primary N) is 1. The van der Waals surface area contributed by atoms with Gasteiger partial charge >= 0.3 is 0 Å². The third-order valence-electron chi connectivity index (χ3n) is 3.55. The first-order chi connectivity index (χ1) is 8.04. The van der Waals surface area contributed by atoms with Gasteiger partial charge in [0.2, 0.25) is 0 Å². The minimum atomic E-state index is -0.0826. The Kier molecular flexibility index (Phi) is 3.29. The zero-order valence-corrected chi connectivity index (χ0v) is 10.7. The molecule has 92 valence electrons. The molecular weight excluding hydrogens is 236 g/mol. The van der Waals surface area contributed by atoms with E-state index >= 15 is 0 Å². The van der Waals surface area contributed by atoms with E-state index in [1.54, 1.807) is 18.2 Å². The number of nitrogens with one attached hydrogen (secondary N) is 1. The number of anilines is 1. The molecule has 0 heterocycles. The van der Waals surface area contributed by atoms with Crippen molar-refractivity contribution in [3.63, 3.8) is 0 Å². The van der Waals surface area contributed by atoms with E-state index in [0.29, 0.717) is 16.3 Å². The molecule has 1 aliphatic rings. The molecule has 1 amide bonds. The maximum atomic E-state index is 12.1. The number of carbonyl (C=O) groups excluding carboxylic acids is 1. The Balaban J connectivity index is 2.14. The minimum Gasteiger partial charge on any atom is -0.399 e. The van der Waals surface area contributed by atoms with E-state index in [1.165, 1.54) is 6.42 Å². The third-order valence-corrected chi connectivity index (χ3v) is 3.77. The Bertz CT molecular complexity index is 415. The Morgan fingerprint density at radius 2 is 2.18 bits per heavy atom. The molecule has 1 saturated carbocycles. The van der Waals surface area contributed by atoms with Crippen LogP contribution in [0.5, 0.6) is 0 Å². The summed E-state index contributed by atoms with van der Waals surface area (Å²) < 4.78 is 0. The number of hydrogen-bond acceptors (Lipinski definition) is 2. The standard InChI is InChI=1S/C13H17ClN2O/c1-2-13(4-3-5-13)16-12(17)9-6-10(14)8-11(15)7-9/h6-8H,2-5,15H2,1H3,(H,16,17). The highest BCUT2D eigenvalue weighted by Crippen LogP contribution is 2.35. The number of amides is 1. The molecule has 1 fully saturated rings. The summed E-state index contributed by atoms with van der Waals surface area (Å²) in [7, 11) is 0. The van der Waals surface area contributed by atoms with E-state index in [-0.39, 0.29) is 11.4 Å². The average molecular weight is 253 g/mol. The highest BCUT2D eigenvalue weighted by Gasteiger charge is 2.36. The van der Waals surface area contributed by atoms with E-state index in [4.69, 9.17) is 17.3 Å². The van der Waals surface area contributed by atoms with E-state index < -0.39 is 0 Å². The molecule has 2 rings (SSSR count). The summed E-state index contributed by atoms with van der Waals surface area (Å²) in [4.78, 5) is 12.1. The van der Waals surface area contributed by atoms with Crippen molar-refractivity contribution in [3.8, 4) is 0 Å². The van der Waals surface area contributed by atoms with Crippen molar-refractivity contribution in [2.45, 2.75) is 38.1 Å². The molecule has 3 N–H and O–H groups in total. The molecule has 0 aromatic heterocycles. The largest absolute Gasteiger partial charge is 0.399 e. The van der Waals surface area contributed by atoms with Gasteiger partial charge in [0, 0.05) is 21.8 Å². The van der Waals surface area contributed by atoms with Crippen LogP contribution >= 0.6 is 11.6 Å². The summed E-state index contributed by atoms with van der Waals surface area (Å²) in [6.07, 6.45) is 4.27. The van der Waals surface area contributed by atoms with Crippen LogP contribution in [-0.2, 0) is 0 Å². The number of halogens is 1. The molecule has 0 aliphatic heterocycles. The van der Waals surface area contributed by atoms with Crippen LogP contribution in [0.2, 0.25) is 5.02 Å². The number of rotatable bonds is 3. The number of carbonyl (C=O) groups is 1. The predicted octanol–water partition coefficient (Wildman–Crippen LogP) is 2.98. The van der Waals surface area contributed by atoms with Gasteiger partial charge < -0.3 is 11.1 Å². The molecule has 1 aliphatic carbocycles. The van der Waals surface area contributed by atoms with Gasteiger partial charge in [-0.1, -0.05) is 18.5 Å². The van der Waals surface area contributed by atoms with Crippen LogP contribution in [0, 0.1) is 0 Å². The quantitative estimate of drug-likeness (QED) is 0.813. The first-order valence-corrected chi connectivity index (χ1v) is 6.31. The van der Waals surface area contributed by atoms with E-state index in [9.17, 15) is 4.79 Å². The van der Waals surface area contributed by atoms with Crippen LogP contribution in [0.1, 0.15) is 43.0 Å². The fraction of sp³-hybridized carbons (Fsp3) is 0.462. The van der Waals surface area contributed by atoms with Gasteiger partial charge in [-0.25, -0.2) is 0 Å². The second-order valence-electron chi connectivity index (χ2n) is 4.71. The van der Waals surface area contributed by atoms with Gasteiger partial charge in [0.15, 0.2) is 0 Å². The monoisotopic (exact) mass is 252 g/mol. The second-order valence-corrected chi connectivity index (χ2v) is 5.15. The number of benzene rings is 1. The van der Waals surface area contributed by atoms with Gasteiger partial charge in [-0.05, 0) is 43.9 Å². The first kappa shape index (κ1) is 12.2. The molecule has 0 unspecified atom stereocenters. The third kappa shape index (κ3) is 2.55. The van der Waals surface area contributed by atoms with Gasteiger partial charge in [0.05, 0.1) is 0 Å². The summed E-state index contributed by atoms with van der Waals surface area (Å²) in [6.45, 7) is 2.10. The second kappa shape index (κ2) is 4.57. The predicted molar refractivity (Wildman–Crippen MR) is 70.2 cm³/mol. The lowest BCUT2D eigenvalue weighted by Crippen LogP contribution is -2.52. The fourth-order valence-electron chi connectivity index (χ4n) is 2.23. The summed E-state index contributed by atoms with van der Waals surface area (Å²) in [6, 6.07) is 4.94. The van der Waals surface area contributed by atoms with Crippen molar-refractivity contribution in [1.29, 1.82) is 0 Å². The molecule has 4 heteroatoms. The highest BCUT2D eigenvalue weighted by molar-refractivity contribution is 6.31. The Morgan fingerprint density at radius 1 is 1.47 bits per heavy atom. The Hall–Kier alpha value is -1.22. The van der Waals surface area contributed by atoms with Gasteiger partial charge in [-0.15, -0.1) is 0 Å². The van der Waals surface area contributed by atoms with Gasteiger partial charge in [-0.3, -0.25) is 4.79 Å². The van der Waals surface area contributed by atoms with Gasteiger partial charge in [0.1, 0.15) is 0 Å². The lowest BCUT2D eigenvalue weighted by atomic mass is 9.74. The molecule has 0 spiro atoms. The van der Waals surface area contributed by atoms with Gasteiger partial charge in [-0.2, -0.15) is 0 Å². The smallest absolute Gasteiger partial charge is 0.251 e. The van der Waals surface area contributed by atoms with E-state index in [0.717, 1.165) is 19.3 Å².